The summed E-state index contributed by atoms with van der Waals surface area (Å²) in [7, 11) is 0. The van der Waals surface area contributed by atoms with Gasteiger partial charge in [0.15, 0.2) is 0 Å². The maximum absolute atomic E-state index is 11.9. The number of rotatable bonds is 3. The molecular weight excluding hydrogens is 258 g/mol. The molecule has 1 aliphatic rings. The van der Waals surface area contributed by atoms with Gasteiger partial charge in [0.2, 0.25) is 5.91 Å². The minimum Gasteiger partial charge on any atom is -0.353 e. The van der Waals surface area contributed by atoms with Crippen molar-refractivity contribution < 1.29 is 4.79 Å². The van der Waals surface area contributed by atoms with Crippen LogP contribution in [0.4, 0.5) is 0 Å². The summed E-state index contributed by atoms with van der Waals surface area (Å²) >= 11 is 0. The molecule has 1 amide bonds. The van der Waals surface area contributed by atoms with Gasteiger partial charge in [-0.05, 0) is 36.3 Å². The fourth-order valence-electron chi connectivity index (χ4n) is 3.19. The molecule has 0 bridgehead atoms. The van der Waals surface area contributed by atoms with Crippen molar-refractivity contribution in [2.24, 2.45) is 0 Å². The average molecular weight is 279 g/mol. The number of carbonyl (C=O) groups excluding carboxylic acids is 1. The van der Waals surface area contributed by atoms with E-state index < -0.39 is 0 Å². The number of hydrogen-bond acceptors (Lipinski definition) is 1. The maximum atomic E-state index is 11.9. The molecule has 1 fully saturated rings. The van der Waals surface area contributed by atoms with E-state index in [4.69, 9.17) is 0 Å². The Balaban J connectivity index is 1.75. The van der Waals surface area contributed by atoms with Gasteiger partial charge >= 0.3 is 0 Å². The lowest BCUT2D eigenvalue weighted by Crippen LogP contribution is -2.34. The van der Waals surface area contributed by atoms with Gasteiger partial charge in [0.05, 0.1) is 0 Å². The Hall–Kier alpha value is -2.09. The maximum Gasteiger partial charge on any atom is 0.220 e. The second-order valence-electron chi connectivity index (χ2n) is 5.84. The Kier molecular flexibility index (Phi) is 4.34. The van der Waals surface area contributed by atoms with Gasteiger partial charge in [0.1, 0.15) is 0 Å². The molecular formula is C19H21NO. The van der Waals surface area contributed by atoms with E-state index in [1.807, 2.05) is 12.1 Å². The lowest BCUT2D eigenvalue weighted by molar-refractivity contribution is -0.121. The van der Waals surface area contributed by atoms with Gasteiger partial charge in [-0.25, -0.2) is 0 Å². The molecule has 0 saturated carbocycles. The van der Waals surface area contributed by atoms with Crippen LogP contribution in [0.1, 0.15) is 36.3 Å². The van der Waals surface area contributed by atoms with E-state index in [-0.39, 0.29) is 11.9 Å². The zero-order chi connectivity index (χ0) is 14.5. The van der Waals surface area contributed by atoms with Crippen molar-refractivity contribution in [1.29, 1.82) is 0 Å². The summed E-state index contributed by atoms with van der Waals surface area (Å²) in [6.45, 7) is 0. The van der Waals surface area contributed by atoms with Crippen LogP contribution in [0.3, 0.4) is 0 Å². The average Bonchev–Trinajstić information content (AvgIpc) is 2.71. The van der Waals surface area contributed by atoms with Crippen molar-refractivity contribution in [3.63, 3.8) is 0 Å². The van der Waals surface area contributed by atoms with Gasteiger partial charge in [0, 0.05) is 12.5 Å². The number of amides is 1. The highest BCUT2D eigenvalue weighted by atomic mass is 16.1. The van der Waals surface area contributed by atoms with Crippen LogP contribution in [0.2, 0.25) is 0 Å². The van der Waals surface area contributed by atoms with Crippen molar-refractivity contribution in [2.75, 3.05) is 0 Å². The topological polar surface area (TPSA) is 29.1 Å². The Morgan fingerprint density at radius 2 is 1.62 bits per heavy atom. The van der Waals surface area contributed by atoms with Crippen molar-refractivity contribution in [1.82, 2.24) is 5.32 Å². The highest BCUT2D eigenvalue weighted by Crippen LogP contribution is 2.29. The molecule has 0 spiro atoms. The number of hydrogen-bond donors (Lipinski definition) is 1. The minimum absolute atomic E-state index is 0.189. The summed E-state index contributed by atoms with van der Waals surface area (Å²) < 4.78 is 0. The van der Waals surface area contributed by atoms with Crippen molar-refractivity contribution in [3.8, 4) is 0 Å². The Labute approximate surface area is 126 Å². The lowest BCUT2D eigenvalue weighted by atomic mass is 9.88. The molecule has 1 aliphatic heterocycles. The quantitative estimate of drug-likeness (QED) is 0.912. The van der Waals surface area contributed by atoms with E-state index >= 15 is 0 Å². The monoisotopic (exact) mass is 279 g/mol. The van der Waals surface area contributed by atoms with Crippen LogP contribution in [-0.2, 0) is 11.2 Å². The van der Waals surface area contributed by atoms with Gasteiger partial charge in [-0.1, -0.05) is 60.7 Å². The molecule has 1 N–H and O–H groups in total. The predicted molar refractivity (Wildman–Crippen MR) is 85.1 cm³/mol. The molecule has 2 unspecified atom stereocenters. The number of benzene rings is 2. The summed E-state index contributed by atoms with van der Waals surface area (Å²) in [4.78, 5) is 11.9. The third kappa shape index (κ3) is 3.72. The van der Waals surface area contributed by atoms with Crippen LogP contribution in [0.15, 0.2) is 60.7 Å². The van der Waals surface area contributed by atoms with E-state index in [0.29, 0.717) is 12.3 Å². The summed E-state index contributed by atoms with van der Waals surface area (Å²) in [6, 6.07) is 21.2. The molecule has 21 heavy (non-hydrogen) atoms. The molecule has 2 aromatic carbocycles. The first-order valence-corrected chi connectivity index (χ1v) is 7.69. The third-order valence-corrected chi connectivity index (χ3v) is 4.25. The molecule has 2 atom stereocenters. The van der Waals surface area contributed by atoms with Crippen LogP contribution >= 0.6 is 0 Å². The molecule has 0 radical (unpaired) electrons. The smallest absolute Gasteiger partial charge is 0.220 e. The first-order valence-electron chi connectivity index (χ1n) is 7.69. The Bertz CT molecular complexity index is 579. The Morgan fingerprint density at radius 1 is 0.952 bits per heavy atom. The van der Waals surface area contributed by atoms with Crippen molar-refractivity contribution >= 4 is 5.91 Å². The van der Waals surface area contributed by atoms with Crippen molar-refractivity contribution in [2.45, 2.75) is 37.6 Å². The van der Waals surface area contributed by atoms with Crippen LogP contribution in [-0.4, -0.2) is 11.9 Å². The molecule has 3 rings (SSSR count). The fraction of sp³-hybridized carbons (Fsp3) is 0.316. The normalized spacial score (nSPS) is 22.4. The van der Waals surface area contributed by atoms with Crippen LogP contribution in [0.5, 0.6) is 0 Å². The van der Waals surface area contributed by atoms with Gasteiger partial charge in [0.25, 0.3) is 0 Å². The molecule has 1 heterocycles. The largest absolute Gasteiger partial charge is 0.353 e. The van der Waals surface area contributed by atoms with E-state index in [9.17, 15) is 4.79 Å². The lowest BCUT2D eigenvalue weighted by Gasteiger charge is -2.21. The summed E-state index contributed by atoms with van der Waals surface area (Å²) in [5.74, 6) is 0.660. The van der Waals surface area contributed by atoms with Crippen LogP contribution in [0, 0.1) is 0 Å². The second kappa shape index (κ2) is 6.57. The fourth-order valence-corrected chi connectivity index (χ4v) is 3.19. The van der Waals surface area contributed by atoms with Gasteiger partial charge in [-0.3, -0.25) is 4.79 Å². The van der Waals surface area contributed by atoms with Gasteiger partial charge < -0.3 is 5.32 Å². The molecule has 0 aliphatic carbocycles. The van der Waals surface area contributed by atoms with Crippen LogP contribution in [0.25, 0.3) is 0 Å². The van der Waals surface area contributed by atoms with E-state index in [1.54, 1.807) is 0 Å². The van der Waals surface area contributed by atoms with E-state index in [0.717, 1.165) is 19.3 Å². The molecule has 2 heteroatoms. The molecule has 2 nitrogen and oxygen atoms in total. The second-order valence-corrected chi connectivity index (χ2v) is 5.84. The highest BCUT2D eigenvalue weighted by molar-refractivity contribution is 5.76. The summed E-state index contributed by atoms with van der Waals surface area (Å²) in [6.07, 6.45) is 3.51. The number of nitrogens with one attached hydrogen (secondary N) is 1. The number of carbonyl (C=O) groups is 1. The summed E-state index contributed by atoms with van der Waals surface area (Å²) in [5.41, 5.74) is 2.64. The molecule has 2 aromatic rings. The van der Waals surface area contributed by atoms with Gasteiger partial charge in [-0.15, -0.1) is 0 Å². The minimum atomic E-state index is 0.189. The third-order valence-electron chi connectivity index (χ3n) is 4.25. The van der Waals surface area contributed by atoms with E-state index in [1.165, 1.54) is 11.1 Å². The van der Waals surface area contributed by atoms with Crippen LogP contribution < -0.4 is 5.32 Å². The molecule has 0 aromatic heterocycles. The summed E-state index contributed by atoms with van der Waals surface area (Å²) in [5, 5.41) is 3.19. The molecule has 108 valence electrons. The zero-order valence-electron chi connectivity index (χ0n) is 12.2. The zero-order valence-corrected chi connectivity index (χ0v) is 12.2. The SMILES string of the molecule is O=C1CCC(c2ccccc2)CC(Cc2ccccc2)N1. The van der Waals surface area contributed by atoms with E-state index in [2.05, 4.69) is 53.8 Å². The predicted octanol–water partition coefficient (Wildman–Crippen LogP) is 3.68. The first-order chi connectivity index (χ1) is 10.3. The standard InChI is InChI=1S/C19H21NO/c21-19-12-11-17(16-9-5-2-6-10-16)14-18(20-19)13-15-7-3-1-4-8-15/h1-10,17-18H,11-14H2,(H,20,21). The van der Waals surface area contributed by atoms with Crippen molar-refractivity contribution in [3.05, 3.63) is 71.8 Å². The first kappa shape index (κ1) is 13.9. The highest BCUT2D eigenvalue weighted by Gasteiger charge is 2.24. The Morgan fingerprint density at radius 3 is 2.33 bits per heavy atom. The van der Waals surface area contributed by atoms with Gasteiger partial charge in [-0.2, -0.15) is 0 Å². The molecule has 1 saturated heterocycles.